The lowest BCUT2D eigenvalue weighted by Gasteiger charge is -2.15. The van der Waals surface area contributed by atoms with Gasteiger partial charge in [-0.3, -0.25) is 9.78 Å². The molecule has 0 fully saturated rings. The summed E-state index contributed by atoms with van der Waals surface area (Å²) in [5.41, 5.74) is 6.12. The number of hydrogen-bond donors (Lipinski definition) is 2. The standard InChI is InChI=1S/C14H13BrFN3O2/c1-8(21-11-4-9(15)6-18-7-11)14(20)19-13-3-2-10(16)5-12(13)17/h2-8H,17H2,1H3,(H,19,20). The first-order valence-electron chi connectivity index (χ1n) is 6.09. The summed E-state index contributed by atoms with van der Waals surface area (Å²) in [7, 11) is 0. The first-order valence-corrected chi connectivity index (χ1v) is 6.88. The van der Waals surface area contributed by atoms with E-state index in [1.807, 2.05) is 0 Å². The zero-order chi connectivity index (χ0) is 15.4. The summed E-state index contributed by atoms with van der Waals surface area (Å²) in [4.78, 5) is 16.0. The molecule has 2 aromatic rings. The average molecular weight is 354 g/mol. The quantitative estimate of drug-likeness (QED) is 0.828. The van der Waals surface area contributed by atoms with E-state index in [0.29, 0.717) is 11.4 Å². The Bertz CT molecular complexity index is 666. The maximum absolute atomic E-state index is 12.9. The summed E-state index contributed by atoms with van der Waals surface area (Å²) in [6, 6.07) is 5.45. The van der Waals surface area contributed by atoms with E-state index >= 15 is 0 Å². The number of amides is 1. The van der Waals surface area contributed by atoms with E-state index in [1.165, 1.54) is 18.3 Å². The van der Waals surface area contributed by atoms with Crippen LogP contribution in [-0.4, -0.2) is 17.0 Å². The van der Waals surface area contributed by atoms with E-state index in [2.05, 4.69) is 26.2 Å². The van der Waals surface area contributed by atoms with Gasteiger partial charge < -0.3 is 15.8 Å². The molecule has 0 aliphatic carbocycles. The second-order valence-electron chi connectivity index (χ2n) is 4.32. The number of halogens is 2. The Morgan fingerprint density at radius 3 is 2.86 bits per heavy atom. The molecule has 3 N–H and O–H groups in total. The summed E-state index contributed by atoms with van der Waals surface area (Å²) in [5, 5.41) is 2.58. The van der Waals surface area contributed by atoms with Gasteiger partial charge in [0, 0.05) is 10.7 Å². The van der Waals surface area contributed by atoms with Crippen LogP contribution in [-0.2, 0) is 4.79 Å². The van der Waals surface area contributed by atoms with E-state index in [4.69, 9.17) is 10.5 Å². The van der Waals surface area contributed by atoms with Crippen molar-refractivity contribution in [3.63, 3.8) is 0 Å². The molecule has 0 saturated heterocycles. The van der Waals surface area contributed by atoms with Crippen LogP contribution in [0.1, 0.15) is 6.92 Å². The molecule has 1 unspecified atom stereocenters. The van der Waals surface area contributed by atoms with Crippen molar-refractivity contribution in [2.24, 2.45) is 0 Å². The Hall–Kier alpha value is -2.15. The van der Waals surface area contributed by atoms with Crippen molar-refractivity contribution in [1.29, 1.82) is 0 Å². The number of carbonyl (C=O) groups is 1. The van der Waals surface area contributed by atoms with Crippen LogP contribution < -0.4 is 15.8 Å². The monoisotopic (exact) mass is 353 g/mol. The van der Waals surface area contributed by atoms with Gasteiger partial charge in [-0.2, -0.15) is 0 Å². The number of aromatic nitrogens is 1. The van der Waals surface area contributed by atoms with Crippen LogP contribution >= 0.6 is 15.9 Å². The highest BCUT2D eigenvalue weighted by atomic mass is 79.9. The second-order valence-corrected chi connectivity index (χ2v) is 5.24. The first kappa shape index (κ1) is 15.2. The average Bonchev–Trinajstić information content (AvgIpc) is 2.41. The molecule has 1 atom stereocenters. The van der Waals surface area contributed by atoms with Gasteiger partial charge in [-0.1, -0.05) is 0 Å². The normalized spacial score (nSPS) is 11.8. The lowest BCUT2D eigenvalue weighted by molar-refractivity contribution is -0.122. The van der Waals surface area contributed by atoms with Crippen LogP contribution in [0.5, 0.6) is 5.75 Å². The van der Waals surface area contributed by atoms with E-state index in [-0.39, 0.29) is 5.69 Å². The smallest absolute Gasteiger partial charge is 0.265 e. The Morgan fingerprint density at radius 1 is 1.43 bits per heavy atom. The van der Waals surface area contributed by atoms with Gasteiger partial charge in [0.05, 0.1) is 17.6 Å². The molecule has 21 heavy (non-hydrogen) atoms. The lowest BCUT2D eigenvalue weighted by Crippen LogP contribution is -2.30. The zero-order valence-electron chi connectivity index (χ0n) is 11.1. The Balaban J connectivity index is 2.02. The molecule has 1 aromatic carbocycles. The Morgan fingerprint density at radius 2 is 2.19 bits per heavy atom. The molecular formula is C14H13BrFN3O2. The van der Waals surface area contributed by atoms with Crippen molar-refractivity contribution in [2.45, 2.75) is 13.0 Å². The SMILES string of the molecule is CC(Oc1cncc(Br)c1)C(=O)Nc1ccc(F)cc1N. The fourth-order valence-electron chi connectivity index (χ4n) is 1.60. The molecule has 0 aliphatic heterocycles. The van der Waals surface area contributed by atoms with Crippen molar-refractivity contribution in [2.75, 3.05) is 11.1 Å². The predicted octanol–water partition coefficient (Wildman–Crippen LogP) is 2.97. The van der Waals surface area contributed by atoms with Crippen LogP contribution in [0.3, 0.4) is 0 Å². The third-order valence-electron chi connectivity index (χ3n) is 2.63. The summed E-state index contributed by atoms with van der Waals surface area (Å²) < 4.78 is 19.2. The summed E-state index contributed by atoms with van der Waals surface area (Å²) in [5.74, 6) is -0.401. The minimum Gasteiger partial charge on any atom is -0.479 e. The number of nitrogens with zero attached hydrogens (tertiary/aromatic N) is 1. The van der Waals surface area contributed by atoms with E-state index in [0.717, 1.165) is 10.5 Å². The maximum Gasteiger partial charge on any atom is 0.265 e. The fourth-order valence-corrected chi connectivity index (χ4v) is 1.94. The number of pyridine rings is 1. The van der Waals surface area contributed by atoms with Crippen LogP contribution in [0.4, 0.5) is 15.8 Å². The van der Waals surface area contributed by atoms with E-state index in [1.54, 1.807) is 19.2 Å². The molecule has 1 heterocycles. The largest absolute Gasteiger partial charge is 0.479 e. The van der Waals surface area contributed by atoms with Crippen LogP contribution in [0.25, 0.3) is 0 Å². The highest BCUT2D eigenvalue weighted by Gasteiger charge is 2.16. The van der Waals surface area contributed by atoms with E-state index < -0.39 is 17.8 Å². The minimum absolute atomic E-state index is 0.152. The van der Waals surface area contributed by atoms with Gasteiger partial charge in [-0.15, -0.1) is 0 Å². The topological polar surface area (TPSA) is 77.2 Å². The van der Waals surface area contributed by atoms with Crippen LogP contribution in [0, 0.1) is 5.82 Å². The molecule has 0 aliphatic rings. The minimum atomic E-state index is -0.759. The van der Waals surface area contributed by atoms with Gasteiger partial charge in [0.15, 0.2) is 6.10 Å². The van der Waals surface area contributed by atoms with Gasteiger partial charge in [0.25, 0.3) is 5.91 Å². The van der Waals surface area contributed by atoms with Crippen molar-refractivity contribution >= 4 is 33.2 Å². The van der Waals surface area contributed by atoms with Gasteiger partial charge >= 0.3 is 0 Å². The molecule has 2 rings (SSSR count). The van der Waals surface area contributed by atoms with Crippen molar-refractivity contribution in [1.82, 2.24) is 4.98 Å². The number of hydrogen-bond acceptors (Lipinski definition) is 4. The van der Waals surface area contributed by atoms with E-state index in [9.17, 15) is 9.18 Å². The first-order chi connectivity index (χ1) is 9.95. The van der Waals surface area contributed by atoms with Crippen molar-refractivity contribution < 1.29 is 13.9 Å². The summed E-state index contributed by atoms with van der Waals surface area (Å²) >= 11 is 3.26. The van der Waals surface area contributed by atoms with Gasteiger partial charge in [-0.05, 0) is 47.1 Å². The summed E-state index contributed by atoms with van der Waals surface area (Å²) in [6.07, 6.45) is 2.35. The molecule has 0 bridgehead atoms. The zero-order valence-corrected chi connectivity index (χ0v) is 12.7. The van der Waals surface area contributed by atoms with Gasteiger partial charge in [-0.25, -0.2) is 4.39 Å². The third-order valence-corrected chi connectivity index (χ3v) is 3.07. The Kier molecular flexibility index (Phi) is 4.74. The highest BCUT2D eigenvalue weighted by molar-refractivity contribution is 9.10. The summed E-state index contributed by atoms with van der Waals surface area (Å²) in [6.45, 7) is 1.59. The molecule has 1 amide bonds. The predicted molar refractivity (Wildman–Crippen MR) is 81.5 cm³/mol. The van der Waals surface area contributed by atoms with Crippen molar-refractivity contribution in [3.05, 3.63) is 46.9 Å². The second kappa shape index (κ2) is 6.53. The molecule has 110 valence electrons. The number of nitrogens with one attached hydrogen (secondary N) is 1. The molecule has 0 saturated carbocycles. The molecule has 0 spiro atoms. The van der Waals surface area contributed by atoms with Crippen molar-refractivity contribution in [3.8, 4) is 5.75 Å². The number of anilines is 2. The third kappa shape index (κ3) is 4.16. The van der Waals surface area contributed by atoms with Crippen LogP contribution in [0.15, 0.2) is 41.1 Å². The van der Waals surface area contributed by atoms with Crippen LogP contribution in [0.2, 0.25) is 0 Å². The maximum atomic E-state index is 12.9. The number of benzene rings is 1. The molecular weight excluding hydrogens is 341 g/mol. The lowest BCUT2D eigenvalue weighted by atomic mass is 10.2. The molecule has 1 aromatic heterocycles. The number of carbonyl (C=O) groups excluding carboxylic acids is 1. The highest BCUT2D eigenvalue weighted by Crippen LogP contribution is 2.20. The molecule has 5 nitrogen and oxygen atoms in total. The number of nitrogens with two attached hydrogens (primary N) is 1. The van der Waals surface area contributed by atoms with Gasteiger partial charge in [0.2, 0.25) is 0 Å². The number of rotatable bonds is 4. The fraction of sp³-hybridized carbons (Fsp3) is 0.143. The van der Waals surface area contributed by atoms with Gasteiger partial charge in [0.1, 0.15) is 11.6 Å². The Labute approximate surface area is 129 Å². The molecule has 0 radical (unpaired) electrons. The number of nitrogen functional groups attached to an aromatic ring is 1. The molecule has 7 heteroatoms. The number of ether oxygens (including phenoxy) is 1.